The number of hydrogen-bond acceptors (Lipinski definition) is 5. The molecule has 1 N–H and O–H groups in total. The summed E-state index contributed by atoms with van der Waals surface area (Å²) in [5.41, 5.74) is 1.39. The van der Waals surface area contributed by atoms with E-state index >= 15 is 0 Å². The van der Waals surface area contributed by atoms with E-state index in [2.05, 4.69) is 24.1 Å². The molecule has 0 saturated heterocycles. The third-order valence-corrected chi connectivity index (χ3v) is 3.90. The summed E-state index contributed by atoms with van der Waals surface area (Å²) >= 11 is 1.65. The highest BCUT2D eigenvalue weighted by Gasteiger charge is 2.20. The van der Waals surface area contributed by atoms with E-state index in [9.17, 15) is 4.79 Å². The third kappa shape index (κ3) is 6.91. The molecule has 0 saturated carbocycles. The fourth-order valence-electron chi connectivity index (χ4n) is 1.86. The predicted molar refractivity (Wildman–Crippen MR) is 86.6 cm³/mol. The number of amides is 1. The first-order valence-electron chi connectivity index (χ1n) is 7.25. The predicted octanol–water partition coefficient (Wildman–Crippen LogP) is 3.30. The lowest BCUT2D eigenvalue weighted by atomic mass is 10.1. The van der Waals surface area contributed by atoms with Crippen molar-refractivity contribution >= 4 is 17.4 Å². The number of thiazole rings is 1. The van der Waals surface area contributed by atoms with Gasteiger partial charge in [0.25, 0.3) is 0 Å². The average Bonchev–Trinajstić information content (AvgIpc) is 2.87. The molecule has 21 heavy (non-hydrogen) atoms. The molecule has 0 aliphatic rings. The Morgan fingerprint density at radius 1 is 1.48 bits per heavy atom. The summed E-state index contributed by atoms with van der Waals surface area (Å²) < 4.78 is 5.34. The first-order chi connectivity index (χ1) is 9.69. The minimum atomic E-state index is -0.451. The van der Waals surface area contributed by atoms with E-state index in [-0.39, 0.29) is 12.1 Å². The molecule has 1 amide bonds. The van der Waals surface area contributed by atoms with Crippen molar-refractivity contribution in [3.8, 4) is 0 Å². The maximum atomic E-state index is 11.9. The van der Waals surface area contributed by atoms with Gasteiger partial charge in [0.1, 0.15) is 5.60 Å². The molecule has 0 spiro atoms. The van der Waals surface area contributed by atoms with Gasteiger partial charge in [-0.1, -0.05) is 6.92 Å². The van der Waals surface area contributed by atoms with E-state index in [1.165, 1.54) is 4.88 Å². The molecule has 0 aromatic carbocycles. The average molecular weight is 313 g/mol. The quantitative estimate of drug-likeness (QED) is 0.875. The van der Waals surface area contributed by atoms with Crippen LogP contribution in [0.1, 0.15) is 45.5 Å². The molecule has 0 aliphatic carbocycles. The SMILES string of the molecule is CC(CNC(C)c1cncs1)CN(C)C(=O)OC(C)(C)C. The summed E-state index contributed by atoms with van der Waals surface area (Å²) in [4.78, 5) is 18.8. The van der Waals surface area contributed by atoms with Crippen LogP contribution in [0.5, 0.6) is 0 Å². The number of nitrogens with zero attached hydrogens (tertiary/aromatic N) is 2. The van der Waals surface area contributed by atoms with Crippen LogP contribution in [0.15, 0.2) is 11.7 Å². The molecule has 0 bridgehead atoms. The molecule has 1 heterocycles. The fourth-order valence-corrected chi connectivity index (χ4v) is 2.52. The first-order valence-corrected chi connectivity index (χ1v) is 8.13. The molecule has 2 unspecified atom stereocenters. The third-order valence-electron chi connectivity index (χ3n) is 2.94. The molecule has 0 radical (unpaired) electrons. The number of rotatable bonds is 6. The van der Waals surface area contributed by atoms with Crippen molar-refractivity contribution in [3.63, 3.8) is 0 Å². The Balaban J connectivity index is 2.32. The lowest BCUT2D eigenvalue weighted by molar-refractivity contribution is 0.0276. The van der Waals surface area contributed by atoms with Crippen molar-refractivity contribution in [1.82, 2.24) is 15.2 Å². The largest absolute Gasteiger partial charge is 0.444 e. The van der Waals surface area contributed by atoms with Crippen molar-refractivity contribution in [2.75, 3.05) is 20.1 Å². The Bertz CT molecular complexity index is 429. The van der Waals surface area contributed by atoms with Gasteiger partial charge in [0, 0.05) is 30.7 Å². The highest BCUT2D eigenvalue weighted by atomic mass is 32.1. The van der Waals surface area contributed by atoms with Gasteiger partial charge in [0.15, 0.2) is 0 Å². The Morgan fingerprint density at radius 2 is 2.14 bits per heavy atom. The summed E-state index contributed by atoms with van der Waals surface area (Å²) in [5.74, 6) is 0.345. The highest BCUT2D eigenvalue weighted by Crippen LogP contribution is 2.16. The van der Waals surface area contributed by atoms with Crippen molar-refractivity contribution < 1.29 is 9.53 Å². The second kappa shape index (κ2) is 7.75. The van der Waals surface area contributed by atoms with Crippen LogP contribution >= 0.6 is 11.3 Å². The summed E-state index contributed by atoms with van der Waals surface area (Å²) in [7, 11) is 1.77. The molecule has 5 nitrogen and oxygen atoms in total. The van der Waals surface area contributed by atoms with Crippen LogP contribution < -0.4 is 5.32 Å². The molecular formula is C15H27N3O2S. The van der Waals surface area contributed by atoms with Gasteiger partial charge in [0.05, 0.1) is 5.51 Å². The molecule has 1 aromatic rings. The Kier molecular flexibility index (Phi) is 6.61. The van der Waals surface area contributed by atoms with E-state index < -0.39 is 5.60 Å². The topological polar surface area (TPSA) is 54.5 Å². The maximum absolute atomic E-state index is 11.9. The Labute approximate surface area is 131 Å². The number of carbonyl (C=O) groups excluding carboxylic acids is 1. The summed E-state index contributed by atoms with van der Waals surface area (Å²) in [5, 5.41) is 3.47. The highest BCUT2D eigenvalue weighted by molar-refractivity contribution is 7.09. The summed E-state index contributed by atoms with van der Waals surface area (Å²) in [6.07, 6.45) is 1.62. The lowest BCUT2D eigenvalue weighted by Gasteiger charge is -2.27. The van der Waals surface area contributed by atoms with Gasteiger partial charge in [-0.05, 0) is 40.2 Å². The minimum Gasteiger partial charge on any atom is -0.444 e. The summed E-state index contributed by atoms with van der Waals surface area (Å²) in [6.45, 7) is 11.4. The van der Waals surface area contributed by atoms with E-state index in [1.807, 2.05) is 32.5 Å². The van der Waals surface area contributed by atoms with E-state index in [0.717, 1.165) is 6.54 Å². The number of nitrogens with one attached hydrogen (secondary N) is 1. The van der Waals surface area contributed by atoms with Gasteiger partial charge < -0.3 is 15.0 Å². The van der Waals surface area contributed by atoms with Gasteiger partial charge >= 0.3 is 6.09 Å². The van der Waals surface area contributed by atoms with Crippen LogP contribution in [0.25, 0.3) is 0 Å². The van der Waals surface area contributed by atoms with Gasteiger partial charge in [0.2, 0.25) is 0 Å². The van der Waals surface area contributed by atoms with Crippen molar-refractivity contribution in [1.29, 1.82) is 0 Å². The van der Waals surface area contributed by atoms with Gasteiger partial charge in [-0.25, -0.2) is 4.79 Å². The molecule has 1 rings (SSSR count). The minimum absolute atomic E-state index is 0.273. The van der Waals surface area contributed by atoms with E-state index in [1.54, 1.807) is 23.3 Å². The van der Waals surface area contributed by atoms with Crippen LogP contribution in [0.4, 0.5) is 4.79 Å². The summed E-state index contributed by atoms with van der Waals surface area (Å²) in [6, 6.07) is 0.284. The zero-order valence-electron chi connectivity index (χ0n) is 13.8. The van der Waals surface area contributed by atoms with Crippen molar-refractivity contribution in [2.45, 2.75) is 46.3 Å². The van der Waals surface area contributed by atoms with Crippen LogP contribution in [-0.2, 0) is 4.74 Å². The number of carbonyl (C=O) groups is 1. The number of ether oxygens (including phenoxy) is 1. The second-order valence-corrected chi connectivity index (χ2v) is 7.42. The molecule has 6 heteroatoms. The molecule has 1 aromatic heterocycles. The Morgan fingerprint density at radius 3 is 2.67 bits per heavy atom. The lowest BCUT2D eigenvalue weighted by Crippen LogP contribution is -2.38. The number of aromatic nitrogens is 1. The zero-order valence-corrected chi connectivity index (χ0v) is 14.7. The van der Waals surface area contributed by atoms with Gasteiger partial charge in [-0.3, -0.25) is 4.98 Å². The fraction of sp³-hybridized carbons (Fsp3) is 0.733. The number of hydrogen-bond donors (Lipinski definition) is 1. The molecule has 2 atom stereocenters. The monoisotopic (exact) mass is 313 g/mol. The molecule has 0 aliphatic heterocycles. The van der Waals surface area contributed by atoms with Gasteiger partial charge in [-0.15, -0.1) is 11.3 Å². The first kappa shape index (κ1) is 17.9. The van der Waals surface area contributed by atoms with Crippen LogP contribution in [0.3, 0.4) is 0 Å². The van der Waals surface area contributed by atoms with Crippen LogP contribution in [0.2, 0.25) is 0 Å². The zero-order chi connectivity index (χ0) is 16.0. The van der Waals surface area contributed by atoms with Crippen molar-refractivity contribution in [2.24, 2.45) is 5.92 Å². The normalized spacial score (nSPS) is 14.6. The Hall–Kier alpha value is -1.14. The molecular weight excluding hydrogens is 286 g/mol. The molecule has 120 valence electrons. The van der Waals surface area contributed by atoms with E-state index in [0.29, 0.717) is 12.5 Å². The smallest absolute Gasteiger partial charge is 0.410 e. The standard InChI is InChI=1S/C15H27N3O2S/c1-11(7-17-12(2)13-8-16-10-21-13)9-18(6)14(19)20-15(3,4)5/h8,10-12,17H,7,9H2,1-6H3. The van der Waals surface area contributed by atoms with Crippen molar-refractivity contribution in [3.05, 3.63) is 16.6 Å². The second-order valence-electron chi connectivity index (χ2n) is 6.50. The van der Waals surface area contributed by atoms with Crippen LogP contribution in [-0.4, -0.2) is 41.7 Å². The molecule has 0 fully saturated rings. The van der Waals surface area contributed by atoms with E-state index in [4.69, 9.17) is 4.74 Å². The van der Waals surface area contributed by atoms with Crippen LogP contribution in [0, 0.1) is 5.92 Å². The van der Waals surface area contributed by atoms with Gasteiger partial charge in [-0.2, -0.15) is 0 Å². The maximum Gasteiger partial charge on any atom is 0.410 e.